The fourth-order valence-electron chi connectivity index (χ4n) is 2.65. The third kappa shape index (κ3) is 5.23. The summed E-state index contributed by atoms with van der Waals surface area (Å²) in [5, 5.41) is 16.1. The fraction of sp³-hybridized carbons (Fsp3) is 0.286. The molecule has 0 aliphatic heterocycles. The molecule has 0 aliphatic rings. The number of nitrogens with zero attached hydrogens (tertiary/aromatic N) is 3. The van der Waals surface area contributed by atoms with E-state index in [2.05, 4.69) is 25.6 Å². The standard InChI is InChI=1S/C21H24FN5O/c1-14(2)19(13-28)26-21-25-18(16-4-3-9-23-12-16)10-20(27-21)24-11-15-5-7-17(22)8-6-15/h3-10,12,14,19,28H,11,13H2,1-2H3,(H2,24,25,26,27)/t19-/m0/s1. The van der Waals surface area contributed by atoms with Gasteiger partial charge in [-0.25, -0.2) is 9.37 Å². The third-order valence-corrected chi connectivity index (χ3v) is 4.39. The van der Waals surface area contributed by atoms with Gasteiger partial charge in [0.05, 0.1) is 18.3 Å². The number of anilines is 2. The number of aliphatic hydroxyl groups is 1. The fourth-order valence-corrected chi connectivity index (χ4v) is 2.65. The highest BCUT2D eigenvalue weighted by molar-refractivity contribution is 5.63. The Balaban J connectivity index is 1.87. The first kappa shape index (κ1) is 19.7. The summed E-state index contributed by atoms with van der Waals surface area (Å²) in [5.41, 5.74) is 2.52. The smallest absolute Gasteiger partial charge is 0.225 e. The van der Waals surface area contributed by atoms with Crippen LogP contribution < -0.4 is 10.6 Å². The Morgan fingerprint density at radius 2 is 1.89 bits per heavy atom. The molecule has 0 saturated carbocycles. The van der Waals surface area contributed by atoms with Gasteiger partial charge in [0, 0.05) is 30.6 Å². The quantitative estimate of drug-likeness (QED) is 0.552. The van der Waals surface area contributed by atoms with Crippen LogP contribution in [0.2, 0.25) is 0 Å². The van der Waals surface area contributed by atoms with Crippen LogP contribution in [0.15, 0.2) is 54.9 Å². The van der Waals surface area contributed by atoms with E-state index in [4.69, 9.17) is 0 Å². The average Bonchev–Trinajstić information content (AvgIpc) is 2.72. The average molecular weight is 381 g/mol. The van der Waals surface area contributed by atoms with Gasteiger partial charge >= 0.3 is 0 Å². The van der Waals surface area contributed by atoms with E-state index in [9.17, 15) is 9.50 Å². The van der Waals surface area contributed by atoms with Gasteiger partial charge in [-0.2, -0.15) is 4.98 Å². The highest BCUT2D eigenvalue weighted by Crippen LogP contribution is 2.22. The molecular formula is C21H24FN5O. The topological polar surface area (TPSA) is 83.0 Å². The van der Waals surface area contributed by atoms with Gasteiger partial charge < -0.3 is 15.7 Å². The number of hydrogen-bond donors (Lipinski definition) is 3. The van der Waals surface area contributed by atoms with Crippen molar-refractivity contribution in [2.24, 2.45) is 5.92 Å². The first-order valence-corrected chi connectivity index (χ1v) is 9.20. The largest absolute Gasteiger partial charge is 0.394 e. The number of aliphatic hydroxyl groups excluding tert-OH is 1. The maximum Gasteiger partial charge on any atom is 0.225 e. The van der Waals surface area contributed by atoms with Crippen molar-refractivity contribution >= 4 is 11.8 Å². The van der Waals surface area contributed by atoms with Crippen molar-refractivity contribution in [1.29, 1.82) is 0 Å². The predicted molar refractivity (Wildman–Crippen MR) is 108 cm³/mol. The lowest BCUT2D eigenvalue weighted by atomic mass is 10.1. The predicted octanol–water partition coefficient (Wildman–Crippen LogP) is 3.72. The molecule has 146 valence electrons. The molecule has 3 rings (SSSR count). The van der Waals surface area contributed by atoms with Crippen LogP contribution in [0.4, 0.5) is 16.2 Å². The van der Waals surface area contributed by atoms with Gasteiger partial charge in [0.2, 0.25) is 5.95 Å². The zero-order valence-electron chi connectivity index (χ0n) is 15.9. The summed E-state index contributed by atoms with van der Waals surface area (Å²) in [7, 11) is 0. The number of rotatable bonds is 8. The van der Waals surface area contributed by atoms with E-state index >= 15 is 0 Å². The Labute approximate surface area is 163 Å². The zero-order valence-corrected chi connectivity index (χ0v) is 15.9. The van der Waals surface area contributed by atoms with Crippen molar-refractivity contribution in [2.75, 3.05) is 17.2 Å². The lowest BCUT2D eigenvalue weighted by Crippen LogP contribution is -2.30. The second-order valence-electron chi connectivity index (χ2n) is 6.86. The molecule has 28 heavy (non-hydrogen) atoms. The Bertz CT molecular complexity index is 887. The van der Waals surface area contributed by atoms with Crippen molar-refractivity contribution in [3.63, 3.8) is 0 Å². The summed E-state index contributed by atoms with van der Waals surface area (Å²) in [6.07, 6.45) is 3.44. The summed E-state index contributed by atoms with van der Waals surface area (Å²) in [4.78, 5) is 13.3. The number of benzene rings is 1. The normalized spacial score (nSPS) is 12.0. The number of pyridine rings is 1. The molecule has 2 heterocycles. The van der Waals surface area contributed by atoms with Gasteiger partial charge in [-0.1, -0.05) is 26.0 Å². The molecule has 0 fully saturated rings. The molecule has 0 unspecified atom stereocenters. The Morgan fingerprint density at radius 3 is 2.54 bits per heavy atom. The van der Waals surface area contributed by atoms with Crippen molar-refractivity contribution in [3.8, 4) is 11.3 Å². The van der Waals surface area contributed by atoms with E-state index in [0.29, 0.717) is 24.0 Å². The Morgan fingerprint density at radius 1 is 1.11 bits per heavy atom. The van der Waals surface area contributed by atoms with Gasteiger partial charge in [0.15, 0.2) is 0 Å². The summed E-state index contributed by atoms with van der Waals surface area (Å²) in [5.74, 6) is 1.00. The zero-order chi connectivity index (χ0) is 19.9. The first-order chi connectivity index (χ1) is 13.5. The van der Waals surface area contributed by atoms with Crippen LogP contribution >= 0.6 is 0 Å². The molecule has 1 aromatic carbocycles. The molecule has 1 atom stereocenters. The molecule has 0 radical (unpaired) electrons. The van der Waals surface area contributed by atoms with Gasteiger partial charge in [-0.15, -0.1) is 0 Å². The first-order valence-electron chi connectivity index (χ1n) is 9.20. The van der Waals surface area contributed by atoms with Crippen LogP contribution in [0.5, 0.6) is 0 Å². The molecule has 7 heteroatoms. The highest BCUT2D eigenvalue weighted by Gasteiger charge is 2.15. The second kappa shape index (κ2) is 9.23. The number of aromatic nitrogens is 3. The summed E-state index contributed by atoms with van der Waals surface area (Å²) in [6.45, 7) is 4.52. The SMILES string of the molecule is CC(C)[C@H](CO)Nc1nc(NCc2ccc(F)cc2)cc(-c2cccnc2)n1. The molecule has 0 amide bonds. The van der Waals surface area contributed by atoms with Crippen molar-refractivity contribution in [2.45, 2.75) is 26.4 Å². The van der Waals surface area contributed by atoms with Crippen LogP contribution in [0.25, 0.3) is 11.3 Å². The van der Waals surface area contributed by atoms with E-state index in [1.165, 1.54) is 12.1 Å². The molecule has 0 saturated heterocycles. The lowest BCUT2D eigenvalue weighted by Gasteiger charge is -2.20. The van der Waals surface area contributed by atoms with E-state index in [0.717, 1.165) is 11.1 Å². The van der Waals surface area contributed by atoms with E-state index < -0.39 is 0 Å². The second-order valence-corrected chi connectivity index (χ2v) is 6.86. The van der Waals surface area contributed by atoms with Crippen LogP contribution in [0.3, 0.4) is 0 Å². The monoisotopic (exact) mass is 381 g/mol. The minimum absolute atomic E-state index is 0.0174. The van der Waals surface area contributed by atoms with E-state index in [1.54, 1.807) is 24.5 Å². The van der Waals surface area contributed by atoms with Crippen LogP contribution in [0, 0.1) is 11.7 Å². The lowest BCUT2D eigenvalue weighted by molar-refractivity contribution is 0.248. The molecule has 2 aromatic heterocycles. The maximum atomic E-state index is 13.1. The molecule has 3 N–H and O–H groups in total. The van der Waals surface area contributed by atoms with Crippen molar-refractivity contribution < 1.29 is 9.50 Å². The molecule has 0 aliphatic carbocycles. The Hall–Kier alpha value is -3.06. The minimum Gasteiger partial charge on any atom is -0.394 e. The number of nitrogens with one attached hydrogen (secondary N) is 2. The molecule has 6 nitrogen and oxygen atoms in total. The third-order valence-electron chi connectivity index (χ3n) is 4.39. The van der Waals surface area contributed by atoms with Crippen LogP contribution in [-0.4, -0.2) is 32.7 Å². The van der Waals surface area contributed by atoms with Crippen molar-refractivity contribution in [3.05, 3.63) is 66.2 Å². The minimum atomic E-state index is -0.264. The van der Waals surface area contributed by atoms with Gasteiger partial charge in [0.1, 0.15) is 11.6 Å². The van der Waals surface area contributed by atoms with E-state index in [-0.39, 0.29) is 24.4 Å². The molecule has 0 spiro atoms. The number of halogens is 1. The van der Waals surface area contributed by atoms with Crippen LogP contribution in [0.1, 0.15) is 19.4 Å². The van der Waals surface area contributed by atoms with Gasteiger partial charge in [-0.3, -0.25) is 4.98 Å². The molecule has 3 aromatic rings. The van der Waals surface area contributed by atoms with Gasteiger partial charge in [-0.05, 0) is 35.7 Å². The van der Waals surface area contributed by atoms with Crippen molar-refractivity contribution in [1.82, 2.24) is 15.0 Å². The molecular weight excluding hydrogens is 357 g/mol. The summed E-state index contributed by atoms with van der Waals surface area (Å²) < 4.78 is 13.1. The van der Waals surface area contributed by atoms with Crippen LogP contribution in [-0.2, 0) is 6.54 Å². The summed E-state index contributed by atoms with van der Waals surface area (Å²) in [6, 6.07) is 11.8. The van der Waals surface area contributed by atoms with E-state index in [1.807, 2.05) is 32.0 Å². The highest BCUT2D eigenvalue weighted by atomic mass is 19.1. The van der Waals surface area contributed by atoms with Gasteiger partial charge in [0.25, 0.3) is 0 Å². The summed E-state index contributed by atoms with van der Waals surface area (Å²) >= 11 is 0. The Kier molecular flexibility index (Phi) is 6.49. The number of hydrogen-bond acceptors (Lipinski definition) is 6. The maximum absolute atomic E-state index is 13.1. The molecule has 0 bridgehead atoms.